The smallest absolute Gasteiger partial charge is 0.371 e. The first kappa shape index (κ1) is 8.10. The zero-order chi connectivity index (χ0) is 8.43. The molecule has 1 rings (SSSR count). The van der Waals surface area contributed by atoms with E-state index in [0.29, 0.717) is 5.56 Å². The topological polar surface area (TPSA) is 76.5 Å². The van der Waals surface area contributed by atoms with Crippen LogP contribution in [0.2, 0.25) is 5.22 Å². The van der Waals surface area contributed by atoms with Crippen molar-refractivity contribution in [2.45, 2.75) is 6.54 Å². The van der Waals surface area contributed by atoms with E-state index < -0.39 is 5.97 Å². The number of carboxylic acid groups (broad SMARTS) is 1. The molecule has 0 amide bonds. The van der Waals surface area contributed by atoms with Gasteiger partial charge in [0.15, 0.2) is 5.22 Å². The molecule has 11 heavy (non-hydrogen) atoms. The lowest BCUT2D eigenvalue weighted by Gasteiger charge is -1.84. The number of aromatic carboxylic acids is 1. The van der Waals surface area contributed by atoms with Crippen molar-refractivity contribution < 1.29 is 14.3 Å². The summed E-state index contributed by atoms with van der Waals surface area (Å²) < 4.78 is 4.65. The minimum absolute atomic E-state index is 0.0462. The van der Waals surface area contributed by atoms with Gasteiger partial charge in [-0.1, -0.05) is 0 Å². The van der Waals surface area contributed by atoms with E-state index in [1.165, 1.54) is 6.07 Å². The van der Waals surface area contributed by atoms with Gasteiger partial charge in [-0.3, -0.25) is 0 Å². The van der Waals surface area contributed by atoms with E-state index in [0.717, 1.165) is 0 Å². The van der Waals surface area contributed by atoms with E-state index in [1.54, 1.807) is 0 Å². The molecule has 0 saturated heterocycles. The molecule has 1 aromatic rings. The van der Waals surface area contributed by atoms with Gasteiger partial charge in [-0.05, 0) is 17.7 Å². The lowest BCUT2D eigenvalue weighted by molar-refractivity contribution is 0.0662. The maximum absolute atomic E-state index is 10.3. The molecule has 0 unspecified atom stereocenters. The highest BCUT2D eigenvalue weighted by molar-refractivity contribution is 6.29. The second-order valence-corrected chi connectivity index (χ2v) is 2.26. The van der Waals surface area contributed by atoms with Crippen LogP contribution in [0.5, 0.6) is 0 Å². The molecule has 4 nitrogen and oxygen atoms in total. The highest BCUT2D eigenvalue weighted by Crippen LogP contribution is 2.19. The van der Waals surface area contributed by atoms with E-state index in [1.807, 2.05) is 0 Å². The summed E-state index contributed by atoms with van der Waals surface area (Å²) in [5, 5.41) is 8.47. The number of carbonyl (C=O) groups is 1. The summed E-state index contributed by atoms with van der Waals surface area (Å²) in [7, 11) is 0. The Kier molecular flexibility index (Phi) is 2.16. The Labute approximate surface area is 67.6 Å². The molecular formula is C6H6ClNO3. The largest absolute Gasteiger partial charge is 0.475 e. The predicted octanol–water partition coefficient (Wildman–Crippen LogP) is 1.09. The van der Waals surface area contributed by atoms with Gasteiger partial charge in [-0.2, -0.15) is 0 Å². The second-order valence-electron chi connectivity index (χ2n) is 1.92. The fourth-order valence-corrected chi connectivity index (χ4v) is 0.866. The molecule has 0 aliphatic heterocycles. The predicted molar refractivity (Wildman–Crippen MR) is 38.6 cm³/mol. The Morgan fingerprint density at radius 3 is 2.73 bits per heavy atom. The number of hydrogen-bond acceptors (Lipinski definition) is 3. The van der Waals surface area contributed by atoms with E-state index in [9.17, 15) is 4.79 Å². The first-order valence-corrected chi connectivity index (χ1v) is 3.24. The highest BCUT2D eigenvalue weighted by Gasteiger charge is 2.12. The molecule has 0 atom stereocenters. The molecule has 0 bridgehead atoms. The first-order chi connectivity index (χ1) is 5.15. The average molecular weight is 176 g/mol. The zero-order valence-electron chi connectivity index (χ0n) is 5.50. The van der Waals surface area contributed by atoms with Gasteiger partial charge in [0.25, 0.3) is 0 Å². The molecule has 0 radical (unpaired) electrons. The number of carboxylic acids is 1. The molecular weight excluding hydrogens is 170 g/mol. The summed E-state index contributed by atoms with van der Waals surface area (Å²) in [4.78, 5) is 10.3. The quantitative estimate of drug-likeness (QED) is 0.706. The van der Waals surface area contributed by atoms with Gasteiger partial charge in [-0.25, -0.2) is 4.79 Å². The van der Waals surface area contributed by atoms with Crippen molar-refractivity contribution in [1.29, 1.82) is 0 Å². The van der Waals surface area contributed by atoms with Crippen LogP contribution in [0.3, 0.4) is 0 Å². The normalized spacial score (nSPS) is 10.0. The molecule has 0 saturated carbocycles. The summed E-state index contributed by atoms with van der Waals surface area (Å²) in [5.41, 5.74) is 5.73. The SMILES string of the molecule is NCc1cc(C(=O)O)oc1Cl. The van der Waals surface area contributed by atoms with Crippen LogP contribution in [0.1, 0.15) is 16.1 Å². The van der Waals surface area contributed by atoms with Crippen LogP contribution in [0.25, 0.3) is 0 Å². The Hall–Kier alpha value is -1.00. The Bertz CT molecular complexity index is 281. The third-order valence-corrected chi connectivity index (χ3v) is 1.51. The summed E-state index contributed by atoms with van der Waals surface area (Å²) in [6.07, 6.45) is 0. The zero-order valence-corrected chi connectivity index (χ0v) is 6.26. The monoisotopic (exact) mass is 175 g/mol. The van der Waals surface area contributed by atoms with Gasteiger partial charge < -0.3 is 15.3 Å². The van der Waals surface area contributed by atoms with Crippen molar-refractivity contribution in [1.82, 2.24) is 0 Å². The van der Waals surface area contributed by atoms with Gasteiger partial charge in [0.05, 0.1) is 0 Å². The average Bonchev–Trinajstić information content (AvgIpc) is 2.31. The first-order valence-electron chi connectivity index (χ1n) is 2.86. The van der Waals surface area contributed by atoms with E-state index in [4.69, 9.17) is 22.4 Å². The highest BCUT2D eigenvalue weighted by atomic mass is 35.5. The van der Waals surface area contributed by atoms with Crippen LogP contribution in [-0.2, 0) is 6.54 Å². The number of furan rings is 1. The van der Waals surface area contributed by atoms with Gasteiger partial charge in [0.2, 0.25) is 5.76 Å². The third kappa shape index (κ3) is 1.53. The Morgan fingerprint density at radius 2 is 2.45 bits per heavy atom. The molecule has 0 aliphatic carbocycles. The minimum Gasteiger partial charge on any atom is -0.475 e. The van der Waals surface area contributed by atoms with Gasteiger partial charge in [-0.15, -0.1) is 0 Å². The van der Waals surface area contributed by atoms with Crippen molar-refractivity contribution in [3.05, 3.63) is 22.6 Å². The molecule has 0 fully saturated rings. The van der Waals surface area contributed by atoms with Crippen LogP contribution in [0.15, 0.2) is 10.5 Å². The number of hydrogen-bond donors (Lipinski definition) is 2. The van der Waals surface area contributed by atoms with Crippen LogP contribution >= 0.6 is 11.6 Å². The number of halogens is 1. The number of rotatable bonds is 2. The van der Waals surface area contributed by atoms with Crippen molar-refractivity contribution in [3.8, 4) is 0 Å². The fourth-order valence-electron chi connectivity index (χ4n) is 0.651. The maximum Gasteiger partial charge on any atom is 0.371 e. The minimum atomic E-state index is -1.15. The standard InChI is InChI=1S/C6H6ClNO3/c7-5-3(2-8)1-4(11-5)6(9)10/h1H,2,8H2,(H,9,10). The van der Waals surface area contributed by atoms with Gasteiger partial charge in [0.1, 0.15) is 0 Å². The molecule has 1 aromatic heterocycles. The lowest BCUT2D eigenvalue weighted by atomic mass is 10.3. The summed E-state index contributed by atoms with van der Waals surface area (Å²) in [6.45, 7) is 0.176. The van der Waals surface area contributed by atoms with Gasteiger partial charge >= 0.3 is 5.97 Å². The van der Waals surface area contributed by atoms with Crippen LogP contribution < -0.4 is 5.73 Å². The molecule has 0 spiro atoms. The fraction of sp³-hybridized carbons (Fsp3) is 0.167. The Balaban J connectivity index is 3.05. The molecule has 60 valence electrons. The molecule has 0 aliphatic rings. The van der Waals surface area contributed by atoms with Gasteiger partial charge in [0, 0.05) is 12.1 Å². The van der Waals surface area contributed by atoms with Crippen molar-refractivity contribution >= 4 is 17.6 Å². The summed E-state index contributed by atoms with van der Waals surface area (Å²) in [6, 6.07) is 1.31. The van der Waals surface area contributed by atoms with E-state index in [2.05, 4.69) is 4.42 Å². The molecule has 1 heterocycles. The summed E-state index contributed by atoms with van der Waals surface area (Å²) in [5.74, 6) is -1.33. The van der Waals surface area contributed by atoms with E-state index >= 15 is 0 Å². The summed E-state index contributed by atoms with van der Waals surface area (Å²) >= 11 is 5.48. The number of nitrogens with two attached hydrogens (primary N) is 1. The molecule has 5 heteroatoms. The van der Waals surface area contributed by atoms with E-state index in [-0.39, 0.29) is 17.5 Å². The molecule has 3 N–H and O–H groups in total. The maximum atomic E-state index is 10.3. The van der Waals surface area contributed by atoms with Crippen LogP contribution in [0, 0.1) is 0 Å². The van der Waals surface area contributed by atoms with Crippen LogP contribution in [0.4, 0.5) is 0 Å². The van der Waals surface area contributed by atoms with Crippen molar-refractivity contribution in [2.24, 2.45) is 5.73 Å². The molecule has 0 aromatic carbocycles. The Morgan fingerprint density at radius 1 is 1.82 bits per heavy atom. The second kappa shape index (κ2) is 2.94. The third-order valence-electron chi connectivity index (χ3n) is 1.19. The van der Waals surface area contributed by atoms with Crippen LogP contribution in [-0.4, -0.2) is 11.1 Å². The lowest BCUT2D eigenvalue weighted by Crippen LogP contribution is -1.95. The van der Waals surface area contributed by atoms with Crippen molar-refractivity contribution in [3.63, 3.8) is 0 Å². The van der Waals surface area contributed by atoms with Crippen molar-refractivity contribution in [2.75, 3.05) is 0 Å².